The molecule has 1 aliphatic rings. The summed E-state index contributed by atoms with van der Waals surface area (Å²) in [4.78, 5) is 2.45. The molecule has 2 nitrogen and oxygen atoms in total. The first-order valence-electron chi connectivity index (χ1n) is 4.58. The molecule has 2 heteroatoms. The fourth-order valence-corrected chi connectivity index (χ4v) is 1.60. The fourth-order valence-electron chi connectivity index (χ4n) is 1.60. The maximum absolute atomic E-state index is 7.20. The van der Waals surface area contributed by atoms with Crippen molar-refractivity contribution in [1.82, 2.24) is 4.90 Å². The predicted octanol–water partition coefficient (Wildman–Crippen LogP) is 2.07. The first-order chi connectivity index (χ1) is 5.65. The second-order valence-electron chi connectivity index (χ2n) is 3.76. The molecule has 0 radical (unpaired) electrons. The highest BCUT2D eigenvalue weighted by Crippen LogP contribution is 2.17. The molecule has 0 unspecified atom stereocenters. The van der Waals surface area contributed by atoms with E-state index in [1.165, 1.54) is 17.4 Å². The average Bonchev–Trinajstić information content (AvgIpc) is 2.04. The number of hydrogen-bond acceptors (Lipinski definition) is 2. The van der Waals surface area contributed by atoms with E-state index in [-0.39, 0.29) is 0 Å². The fraction of sp³-hybridized carbons (Fsp3) is 0.700. The van der Waals surface area contributed by atoms with Crippen LogP contribution in [0.2, 0.25) is 0 Å². The van der Waals surface area contributed by atoms with Crippen molar-refractivity contribution in [1.29, 1.82) is 5.41 Å². The average molecular weight is 166 g/mol. The summed E-state index contributed by atoms with van der Waals surface area (Å²) in [6, 6.07) is 0.632. The topological polar surface area (TPSA) is 27.1 Å². The Labute approximate surface area is 74.8 Å². The normalized spacial score (nSPS) is 20.3. The summed E-state index contributed by atoms with van der Waals surface area (Å²) in [5.74, 6) is 0. The summed E-state index contributed by atoms with van der Waals surface area (Å²) in [5.41, 5.74) is 2.59. The van der Waals surface area contributed by atoms with Crippen LogP contribution in [0.1, 0.15) is 27.2 Å². The van der Waals surface area contributed by atoms with Gasteiger partial charge in [-0.25, -0.2) is 0 Å². The van der Waals surface area contributed by atoms with Gasteiger partial charge in [0, 0.05) is 25.3 Å². The van der Waals surface area contributed by atoms with Gasteiger partial charge in [-0.1, -0.05) is 5.57 Å². The van der Waals surface area contributed by atoms with Crippen molar-refractivity contribution in [3.05, 3.63) is 11.1 Å². The van der Waals surface area contributed by atoms with Crippen molar-refractivity contribution < 1.29 is 0 Å². The lowest BCUT2D eigenvalue weighted by molar-refractivity contribution is 0.234. The molecule has 68 valence electrons. The molecule has 12 heavy (non-hydrogen) atoms. The molecule has 0 aromatic carbocycles. The van der Waals surface area contributed by atoms with E-state index in [0.717, 1.165) is 19.5 Å². The van der Waals surface area contributed by atoms with Gasteiger partial charge in [0.15, 0.2) is 0 Å². The molecule has 0 fully saturated rings. The van der Waals surface area contributed by atoms with E-state index in [1.54, 1.807) is 0 Å². The summed E-state index contributed by atoms with van der Waals surface area (Å²) >= 11 is 0. The largest absolute Gasteiger partial charge is 0.308 e. The minimum atomic E-state index is 0.632. The molecule has 0 bridgehead atoms. The van der Waals surface area contributed by atoms with E-state index < -0.39 is 0 Å². The third kappa shape index (κ3) is 1.95. The third-order valence-electron chi connectivity index (χ3n) is 2.56. The Morgan fingerprint density at radius 1 is 1.50 bits per heavy atom. The van der Waals surface area contributed by atoms with Gasteiger partial charge in [0.1, 0.15) is 0 Å². The third-order valence-corrected chi connectivity index (χ3v) is 2.56. The number of hydrogen-bond donors (Lipinski definition) is 1. The highest BCUT2D eigenvalue weighted by Gasteiger charge is 2.16. The van der Waals surface area contributed by atoms with Crippen LogP contribution in [0.3, 0.4) is 0 Å². The molecule has 1 aliphatic heterocycles. The van der Waals surface area contributed by atoms with Gasteiger partial charge in [-0.15, -0.1) is 0 Å². The lowest BCUT2D eigenvalue weighted by Gasteiger charge is -2.31. The van der Waals surface area contributed by atoms with Crippen LogP contribution in [-0.2, 0) is 0 Å². The Morgan fingerprint density at radius 3 is 2.58 bits per heavy atom. The summed E-state index contributed by atoms with van der Waals surface area (Å²) < 4.78 is 0. The standard InChI is InChI=1S/C10H18N2/c1-8(2)12-5-4-10(6-11)9(3)7-12/h6,8,11H,4-5,7H2,1-3H3. The Bertz CT molecular complexity index is 204. The van der Waals surface area contributed by atoms with Crippen molar-refractivity contribution in [2.75, 3.05) is 13.1 Å². The molecule has 1 heterocycles. The molecule has 0 spiro atoms. The van der Waals surface area contributed by atoms with Crippen LogP contribution in [0.15, 0.2) is 11.1 Å². The van der Waals surface area contributed by atoms with E-state index in [1.807, 2.05) is 0 Å². The van der Waals surface area contributed by atoms with Crippen LogP contribution in [0.4, 0.5) is 0 Å². The predicted molar refractivity (Wildman–Crippen MR) is 52.8 cm³/mol. The van der Waals surface area contributed by atoms with E-state index in [0.29, 0.717) is 6.04 Å². The molecule has 1 N–H and O–H groups in total. The minimum Gasteiger partial charge on any atom is -0.308 e. The first-order valence-corrected chi connectivity index (χ1v) is 4.58. The van der Waals surface area contributed by atoms with Crippen molar-refractivity contribution in [3.63, 3.8) is 0 Å². The Morgan fingerprint density at radius 2 is 2.17 bits per heavy atom. The Hall–Kier alpha value is -0.630. The van der Waals surface area contributed by atoms with Crippen molar-refractivity contribution >= 4 is 6.21 Å². The van der Waals surface area contributed by atoms with Gasteiger partial charge in [-0.3, -0.25) is 4.90 Å². The lowest BCUT2D eigenvalue weighted by atomic mass is 10.0. The van der Waals surface area contributed by atoms with Gasteiger partial charge in [0.2, 0.25) is 0 Å². The number of nitrogens with zero attached hydrogens (tertiary/aromatic N) is 1. The molecule has 0 atom stereocenters. The van der Waals surface area contributed by atoms with Gasteiger partial charge < -0.3 is 5.41 Å². The molecular formula is C10H18N2. The van der Waals surface area contributed by atoms with Crippen LogP contribution in [0, 0.1) is 5.41 Å². The Balaban J connectivity index is 2.65. The molecule has 1 rings (SSSR count). The van der Waals surface area contributed by atoms with Crippen molar-refractivity contribution in [2.24, 2.45) is 0 Å². The SMILES string of the molecule is CC1=C(C=N)CCN(C(C)C)C1. The second kappa shape index (κ2) is 3.85. The molecule has 0 aromatic rings. The van der Waals surface area contributed by atoms with Crippen molar-refractivity contribution in [3.8, 4) is 0 Å². The van der Waals surface area contributed by atoms with E-state index in [9.17, 15) is 0 Å². The van der Waals surface area contributed by atoms with Gasteiger partial charge in [-0.05, 0) is 32.8 Å². The number of rotatable bonds is 2. The molecule has 0 saturated heterocycles. The minimum absolute atomic E-state index is 0.632. The zero-order valence-corrected chi connectivity index (χ0v) is 8.22. The van der Waals surface area contributed by atoms with E-state index in [2.05, 4.69) is 25.7 Å². The second-order valence-corrected chi connectivity index (χ2v) is 3.76. The number of nitrogens with one attached hydrogen (secondary N) is 1. The molecule has 0 amide bonds. The zero-order valence-electron chi connectivity index (χ0n) is 8.22. The summed E-state index contributed by atoms with van der Waals surface area (Å²) in [6.45, 7) is 8.74. The van der Waals surface area contributed by atoms with E-state index >= 15 is 0 Å². The van der Waals surface area contributed by atoms with Crippen LogP contribution in [0.5, 0.6) is 0 Å². The maximum atomic E-state index is 7.20. The van der Waals surface area contributed by atoms with Crippen LogP contribution >= 0.6 is 0 Å². The lowest BCUT2D eigenvalue weighted by Crippen LogP contribution is -2.36. The van der Waals surface area contributed by atoms with Gasteiger partial charge >= 0.3 is 0 Å². The van der Waals surface area contributed by atoms with Gasteiger partial charge in [0.05, 0.1) is 0 Å². The quantitative estimate of drug-likeness (QED) is 0.625. The first kappa shape index (κ1) is 9.46. The molecule has 0 aromatic heterocycles. The highest BCUT2D eigenvalue weighted by molar-refractivity contribution is 5.77. The zero-order chi connectivity index (χ0) is 9.14. The molecule has 0 aliphatic carbocycles. The highest BCUT2D eigenvalue weighted by atomic mass is 15.1. The summed E-state index contributed by atoms with van der Waals surface area (Å²) in [6.07, 6.45) is 2.56. The molecule has 0 saturated carbocycles. The maximum Gasteiger partial charge on any atom is 0.0210 e. The van der Waals surface area contributed by atoms with Crippen molar-refractivity contribution in [2.45, 2.75) is 33.2 Å². The van der Waals surface area contributed by atoms with Gasteiger partial charge in [0.25, 0.3) is 0 Å². The monoisotopic (exact) mass is 166 g/mol. The van der Waals surface area contributed by atoms with Gasteiger partial charge in [-0.2, -0.15) is 0 Å². The molecular weight excluding hydrogens is 148 g/mol. The van der Waals surface area contributed by atoms with Crippen LogP contribution in [-0.4, -0.2) is 30.2 Å². The van der Waals surface area contributed by atoms with Crippen LogP contribution in [0.25, 0.3) is 0 Å². The summed E-state index contributed by atoms with van der Waals surface area (Å²) in [5, 5.41) is 7.20. The smallest absolute Gasteiger partial charge is 0.0210 e. The van der Waals surface area contributed by atoms with Crippen LogP contribution < -0.4 is 0 Å². The van der Waals surface area contributed by atoms with E-state index in [4.69, 9.17) is 5.41 Å². The summed E-state index contributed by atoms with van der Waals surface area (Å²) in [7, 11) is 0. The Kier molecular flexibility index (Phi) is 3.04.